The molecule has 0 aliphatic carbocycles. The lowest BCUT2D eigenvalue weighted by molar-refractivity contribution is -0.144. The van der Waals surface area contributed by atoms with Gasteiger partial charge in [-0.25, -0.2) is 4.79 Å². The Kier molecular flexibility index (Phi) is 14.7. The van der Waals surface area contributed by atoms with E-state index in [1.165, 1.54) is 0 Å². The van der Waals surface area contributed by atoms with Crippen molar-refractivity contribution in [2.24, 2.45) is 34.0 Å². The molecule has 14 nitrogen and oxygen atoms in total. The summed E-state index contributed by atoms with van der Waals surface area (Å²) < 4.78 is 0. The molecular formula is C22H41N7O7. The summed E-state index contributed by atoms with van der Waals surface area (Å²) in [7, 11) is 0. The Morgan fingerprint density at radius 3 is 1.92 bits per heavy atom. The van der Waals surface area contributed by atoms with E-state index < -0.39 is 72.1 Å². The van der Waals surface area contributed by atoms with Gasteiger partial charge in [0.05, 0.1) is 6.04 Å². The molecule has 0 saturated carbocycles. The largest absolute Gasteiger partial charge is 0.481 e. The number of guanidine groups is 1. The molecule has 0 saturated heterocycles. The fraction of sp³-hybridized carbons (Fsp3) is 0.727. The molecule has 5 atom stereocenters. The minimum Gasteiger partial charge on any atom is -0.481 e. The van der Waals surface area contributed by atoms with E-state index in [1.807, 2.05) is 0 Å². The third-order valence-electron chi connectivity index (χ3n) is 5.61. The summed E-state index contributed by atoms with van der Waals surface area (Å²) in [4.78, 5) is 64.8. The lowest BCUT2D eigenvalue weighted by Gasteiger charge is -2.27. The molecule has 0 fully saturated rings. The Hall–Kier alpha value is -3.42. The molecule has 36 heavy (non-hydrogen) atoms. The molecule has 0 aromatic rings. The number of aliphatic imine (C=N–C) groups is 1. The Morgan fingerprint density at radius 1 is 0.861 bits per heavy atom. The van der Waals surface area contributed by atoms with E-state index in [2.05, 4.69) is 20.9 Å². The molecular weight excluding hydrogens is 474 g/mol. The van der Waals surface area contributed by atoms with Gasteiger partial charge in [-0.2, -0.15) is 0 Å². The predicted molar refractivity (Wildman–Crippen MR) is 132 cm³/mol. The fourth-order valence-electron chi connectivity index (χ4n) is 3.18. The highest BCUT2D eigenvalue weighted by Crippen LogP contribution is 2.10. The monoisotopic (exact) mass is 515 g/mol. The van der Waals surface area contributed by atoms with Crippen molar-refractivity contribution < 1.29 is 34.2 Å². The number of rotatable bonds is 17. The molecule has 5 unspecified atom stereocenters. The zero-order valence-corrected chi connectivity index (χ0v) is 21.3. The molecule has 0 aromatic heterocycles. The van der Waals surface area contributed by atoms with Crippen molar-refractivity contribution in [1.29, 1.82) is 0 Å². The van der Waals surface area contributed by atoms with E-state index in [4.69, 9.17) is 22.3 Å². The first-order valence-electron chi connectivity index (χ1n) is 11.9. The molecule has 0 heterocycles. The van der Waals surface area contributed by atoms with E-state index in [0.717, 1.165) is 0 Å². The van der Waals surface area contributed by atoms with Crippen LogP contribution < -0.4 is 33.2 Å². The minimum atomic E-state index is -1.33. The van der Waals surface area contributed by atoms with Crippen LogP contribution in [0.25, 0.3) is 0 Å². The van der Waals surface area contributed by atoms with Gasteiger partial charge in [-0.05, 0) is 31.1 Å². The van der Waals surface area contributed by atoms with Gasteiger partial charge in [-0.15, -0.1) is 0 Å². The van der Waals surface area contributed by atoms with Gasteiger partial charge in [-0.1, -0.05) is 34.1 Å². The Labute approximate surface area is 210 Å². The lowest BCUT2D eigenvalue weighted by Crippen LogP contribution is -2.58. The van der Waals surface area contributed by atoms with Gasteiger partial charge < -0.3 is 43.4 Å². The maximum Gasteiger partial charge on any atom is 0.326 e. The van der Waals surface area contributed by atoms with Crippen LogP contribution in [0.3, 0.4) is 0 Å². The predicted octanol–water partition coefficient (Wildman–Crippen LogP) is -1.53. The minimum absolute atomic E-state index is 0.0788. The van der Waals surface area contributed by atoms with Crippen molar-refractivity contribution in [2.45, 2.75) is 84.0 Å². The molecule has 0 aliphatic rings. The summed E-state index contributed by atoms with van der Waals surface area (Å²) in [6.07, 6.45) is 0.437. The van der Waals surface area contributed by atoms with Crippen LogP contribution in [-0.4, -0.2) is 76.5 Å². The van der Waals surface area contributed by atoms with Crippen molar-refractivity contribution in [3.63, 3.8) is 0 Å². The van der Waals surface area contributed by atoms with Crippen LogP contribution in [0.4, 0.5) is 0 Å². The maximum atomic E-state index is 13.0. The number of carboxylic acid groups (broad SMARTS) is 2. The number of hydrogen-bond acceptors (Lipinski definition) is 7. The molecule has 0 spiro atoms. The van der Waals surface area contributed by atoms with Crippen LogP contribution in [0, 0.1) is 11.8 Å². The number of hydrogen-bond donors (Lipinski definition) is 8. The standard InChI is InChI=1S/C22H41N7O7/c1-5-12(4)17(21(35)36)29-19(33)14(8-9-15(30)31)27-20(34)16(11(2)3)28-18(32)13(23)7-6-10-26-22(24)25/h11-14,16-17H,5-10,23H2,1-4H3,(H,27,34)(H,28,32)(H,29,33)(H,30,31)(H,35,36)(H4,24,25,26). The lowest BCUT2D eigenvalue weighted by atomic mass is 9.98. The maximum absolute atomic E-state index is 13.0. The van der Waals surface area contributed by atoms with E-state index in [9.17, 15) is 29.1 Å². The Balaban J connectivity index is 5.43. The first-order valence-corrected chi connectivity index (χ1v) is 11.9. The van der Waals surface area contributed by atoms with Gasteiger partial charge in [0.25, 0.3) is 0 Å². The van der Waals surface area contributed by atoms with E-state index >= 15 is 0 Å². The number of carbonyl (C=O) groups is 5. The molecule has 11 N–H and O–H groups in total. The number of nitrogens with zero attached hydrogens (tertiary/aromatic N) is 1. The zero-order chi connectivity index (χ0) is 28.0. The van der Waals surface area contributed by atoms with Crippen LogP contribution in [0.1, 0.15) is 59.8 Å². The molecule has 0 rings (SSSR count). The first-order chi connectivity index (χ1) is 16.7. The second-order valence-corrected chi connectivity index (χ2v) is 8.99. The number of amides is 3. The van der Waals surface area contributed by atoms with Gasteiger partial charge in [0.15, 0.2) is 5.96 Å². The average molecular weight is 516 g/mol. The van der Waals surface area contributed by atoms with Crippen molar-refractivity contribution in [3.05, 3.63) is 0 Å². The van der Waals surface area contributed by atoms with Gasteiger partial charge in [0.1, 0.15) is 18.1 Å². The molecule has 0 bridgehead atoms. The van der Waals surface area contributed by atoms with E-state index in [-0.39, 0.29) is 25.3 Å². The van der Waals surface area contributed by atoms with Crippen LogP contribution in [-0.2, 0) is 24.0 Å². The van der Waals surface area contributed by atoms with E-state index in [0.29, 0.717) is 12.8 Å². The number of carboxylic acids is 2. The smallest absolute Gasteiger partial charge is 0.326 e. The van der Waals surface area contributed by atoms with Crippen LogP contribution in [0.5, 0.6) is 0 Å². The molecule has 206 valence electrons. The summed E-state index contributed by atoms with van der Waals surface area (Å²) in [5, 5.41) is 25.9. The summed E-state index contributed by atoms with van der Waals surface area (Å²) in [6.45, 7) is 7.04. The van der Waals surface area contributed by atoms with E-state index in [1.54, 1.807) is 27.7 Å². The van der Waals surface area contributed by atoms with Crippen molar-refractivity contribution in [3.8, 4) is 0 Å². The third-order valence-corrected chi connectivity index (χ3v) is 5.61. The average Bonchev–Trinajstić information content (AvgIpc) is 2.79. The molecule has 0 aromatic carbocycles. The van der Waals surface area contributed by atoms with Crippen LogP contribution >= 0.6 is 0 Å². The topological polar surface area (TPSA) is 252 Å². The first kappa shape index (κ1) is 32.6. The highest BCUT2D eigenvalue weighted by atomic mass is 16.4. The molecule has 14 heteroatoms. The zero-order valence-electron chi connectivity index (χ0n) is 21.3. The fourth-order valence-corrected chi connectivity index (χ4v) is 3.18. The normalized spacial score (nSPS) is 15.1. The van der Waals surface area contributed by atoms with Crippen LogP contribution in [0.15, 0.2) is 4.99 Å². The van der Waals surface area contributed by atoms with Crippen molar-refractivity contribution in [1.82, 2.24) is 16.0 Å². The van der Waals surface area contributed by atoms with Gasteiger partial charge >= 0.3 is 11.9 Å². The van der Waals surface area contributed by atoms with Crippen molar-refractivity contribution in [2.75, 3.05) is 6.54 Å². The third kappa shape index (κ3) is 12.3. The van der Waals surface area contributed by atoms with Crippen LogP contribution in [0.2, 0.25) is 0 Å². The number of nitrogens with two attached hydrogens (primary N) is 3. The van der Waals surface area contributed by atoms with Gasteiger partial charge in [-0.3, -0.25) is 24.2 Å². The quantitative estimate of drug-likeness (QED) is 0.0630. The summed E-state index contributed by atoms with van der Waals surface area (Å²) in [6, 6.07) is -4.56. The molecule has 0 aliphatic heterocycles. The second-order valence-electron chi connectivity index (χ2n) is 8.99. The Bertz CT molecular complexity index is 800. The molecule has 3 amide bonds. The van der Waals surface area contributed by atoms with Gasteiger partial charge in [0.2, 0.25) is 17.7 Å². The number of aliphatic carboxylic acids is 2. The van der Waals surface area contributed by atoms with Crippen molar-refractivity contribution >= 4 is 35.6 Å². The van der Waals surface area contributed by atoms with Gasteiger partial charge in [0, 0.05) is 13.0 Å². The highest BCUT2D eigenvalue weighted by Gasteiger charge is 2.33. The SMILES string of the molecule is CCC(C)C(NC(=O)C(CCC(=O)O)NC(=O)C(NC(=O)C(N)CCCN=C(N)N)C(C)C)C(=O)O. The summed E-state index contributed by atoms with van der Waals surface area (Å²) in [5.41, 5.74) is 16.4. The Morgan fingerprint density at radius 2 is 1.44 bits per heavy atom. The number of nitrogens with one attached hydrogen (secondary N) is 3. The summed E-state index contributed by atoms with van der Waals surface area (Å²) in [5.74, 6) is -5.49. The summed E-state index contributed by atoms with van der Waals surface area (Å²) >= 11 is 0. The second kappa shape index (κ2) is 16.3. The number of carbonyl (C=O) groups excluding carboxylic acids is 3. The molecule has 0 radical (unpaired) electrons. The highest BCUT2D eigenvalue weighted by molar-refractivity contribution is 5.94.